The van der Waals surface area contributed by atoms with Crippen LogP contribution in [0.3, 0.4) is 0 Å². The van der Waals surface area contributed by atoms with E-state index in [0.29, 0.717) is 23.1 Å². The monoisotopic (exact) mass is 305 g/mol. The number of aliphatic hydroxyl groups is 1. The van der Waals surface area contributed by atoms with E-state index in [2.05, 4.69) is 10.4 Å². The Morgan fingerprint density at radius 3 is 2.73 bits per heavy atom. The minimum atomic E-state index is -0.371. The Morgan fingerprint density at radius 2 is 2.05 bits per heavy atom. The van der Waals surface area contributed by atoms with Crippen LogP contribution < -0.4 is 10.9 Å². The third-order valence-electron chi connectivity index (χ3n) is 5.55. The van der Waals surface area contributed by atoms with Crippen LogP contribution in [0.5, 0.6) is 0 Å². The summed E-state index contributed by atoms with van der Waals surface area (Å²) >= 11 is 0. The molecule has 2 fully saturated rings. The summed E-state index contributed by atoms with van der Waals surface area (Å²) in [6, 6.07) is -0.0196. The Bertz CT molecular complexity index is 667. The van der Waals surface area contributed by atoms with Crippen LogP contribution in [0.2, 0.25) is 0 Å². The SMILES string of the molecule is Cc1nn(C)c(=O)c(C(=O)NC2C3CCC(C3)C2CO)c1C. The first-order chi connectivity index (χ1) is 10.4. The Morgan fingerprint density at radius 1 is 1.36 bits per heavy atom. The zero-order chi connectivity index (χ0) is 16.0. The van der Waals surface area contributed by atoms with Crippen molar-refractivity contribution in [2.75, 3.05) is 6.61 Å². The number of carbonyl (C=O) groups is 1. The van der Waals surface area contributed by atoms with Gasteiger partial charge in [0.1, 0.15) is 5.56 Å². The molecule has 1 aromatic rings. The molecule has 0 saturated heterocycles. The quantitative estimate of drug-likeness (QED) is 0.853. The fourth-order valence-electron chi connectivity index (χ4n) is 4.24. The second kappa shape index (κ2) is 5.50. The number of carbonyl (C=O) groups excluding carboxylic acids is 1. The first-order valence-electron chi connectivity index (χ1n) is 7.90. The minimum Gasteiger partial charge on any atom is -0.396 e. The molecule has 1 amide bonds. The zero-order valence-corrected chi connectivity index (χ0v) is 13.3. The van der Waals surface area contributed by atoms with Crippen LogP contribution in [0.1, 0.15) is 40.9 Å². The largest absolute Gasteiger partial charge is 0.396 e. The highest BCUT2D eigenvalue weighted by Crippen LogP contribution is 2.48. The van der Waals surface area contributed by atoms with Crippen molar-refractivity contribution in [2.45, 2.75) is 39.2 Å². The van der Waals surface area contributed by atoms with Gasteiger partial charge in [0.15, 0.2) is 0 Å². The highest BCUT2D eigenvalue weighted by Gasteiger charge is 2.47. The fourth-order valence-corrected chi connectivity index (χ4v) is 4.24. The van der Waals surface area contributed by atoms with Gasteiger partial charge in [0, 0.05) is 25.6 Å². The molecule has 1 aromatic heterocycles. The number of nitrogens with zero attached hydrogens (tertiary/aromatic N) is 2. The second-order valence-electron chi connectivity index (χ2n) is 6.69. The lowest BCUT2D eigenvalue weighted by molar-refractivity contribution is 0.0858. The van der Waals surface area contributed by atoms with Gasteiger partial charge in [0.2, 0.25) is 0 Å². The van der Waals surface area contributed by atoms with Gasteiger partial charge >= 0.3 is 0 Å². The molecule has 4 unspecified atom stereocenters. The van der Waals surface area contributed by atoms with Crippen LogP contribution in [-0.2, 0) is 7.05 Å². The predicted molar refractivity (Wildman–Crippen MR) is 81.6 cm³/mol. The van der Waals surface area contributed by atoms with E-state index in [1.807, 2.05) is 0 Å². The number of hydrogen-bond donors (Lipinski definition) is 2. The van der Waals surface area contributed by atoms with Crippen LogP contribution in [0, 0.1) is 31.6 Å². The van der Waals surface area contributed by atoms with E-state index in [-0.39, 0.29) is 35.6 Å². The van der Waals surface area contributed by atoms with E-state index in [1.165, 1.54) is 4.68 Å². The molecule has 1 heterocycles. The first-order valence-corrected chi connectivity index (χ1v) is 7.90. The average molecular weight is 305 g/mol. The van der Waals surface area contributed by atoms with E-state index in [9.17, 15) is 14.7 Å². The van der Waals surface area contributed by atoms with E-state index < -0.39 is 0 Å². The summed E-state index contributed by atoms with van der Waals surface area (Å²) in [5.74, 6) is 0.719. The van der Waals surface area contributed by atoms with Crippen molar-refractivity contribution in [3.63, 3.8) is 0 Å². The lowest BCUT2D eigenvalue weighted by Crippen LogP contribution is -2.47. The molecule has 0 aliphatic heterocycles. The van der Waals surface area contributed by atoms with Crippen molar-refractivity contribution < 1.29 is 9.90 Å². The summed E-state index contributed by atoms with van der Waals surface area (Å²) in [5, 5.41) is 16.7. The number of rotatable bonds is 3. The van der Waals surface area contributed by atoms with Gasteiger partial charge in [0.25, 0.3) is 11.5 Å². The summed E-state index contributed by atoms with van der Waals surface area (Å²) in [7, 11) is 1.56. The zero-order valence-electron chi connectivity index (χ0n) is 13.3. The van der Waals surface area contributed by atoms with Crippen molar-refractivity contribution in [1.82, 2.24) is 15.1 Å². The van der Waals surface area contributed by atoms with Crippen LogP contribution in [0.15, 0.2) is 4.79 Å². The van der Waals surface area contributed by atoms with Crippen LogP contribution in [0.25, 0.3) is 0 Å². The lowest BCUT2D eigenvalue weighted by atomic mass is 9.85. The molecule has 2 saturated carbocycles. The Balaban J connectivity index is 1.88. The van der Waals surface area contributed by atoms with Crippen molar-refractivity contribution in [3.8, 4) is 0 Å². The molecule has 2 aliphatic carbocycles. The topological polar surface area (TPSA) is 84.2 Å². The van der Waals surface area contributed by atoms with E-state index in [0.717, 1.165) is 19.3 Å². The summed E-state index contributed by atoms with van der Waals surface area (Å²) in [6.45, 7) is 3.64. The molecular weight excluding hydrogens is 282 g/mol. The van der Waals surface area contributed by atoms with E-state index in [4.69, 9.17) is 0 Å². The highest BCUT2D eigenvalue weighted by molar-refractivity contribution is 5.95. The number of fused-ring (bicyclic) bond motifs is 2. The third-order valence-corrected chi connectivity index (χ3v) is 5.55. The fraction of sp³-hybridized carbons (Fsp3) is 0.688. The van der Waals surface area contributed by atoms with Gasteiger partial charge in [-0.15, -0.1) is 0 Å². The normalized spacial score (nSPS) is 29.8. The number of aromatic nitrogens is 2. The van der Waals surface area contributed by atoms with Crippen molar-refractivity contribution >= 4 is 5.91 Å². The summed E-state index contributed by atoms with van der Waals surface area (Å²) < 4.78 is 1.21. The lowest BCUT2D eigenvalue weighted by Gasteiger charge is -2.30. The summed E-state index contributed by atoms with van der Waals surface area (Å²) in [5.41, 5.74) is 1.11. The smallest absolute Gasteiger partial charge is 0.279 e. The molecule has 4 atom stereocenters. The van der Waals surface area contributed by atoms with Crippen molar-refractivity contribution in [3.05, 3.63) is 27.2 Å². The molecule has 3 rings (SSSR count). The number of aliphatic hydroxyl groups excluding tert-OH is 1. The standard InChI is InChI=1S/C16H23N3O3/c1-8-9(2)18-19(3)16(22)13(8)15(21)17-14-11-5-4-10(6-11)12(14)7-20/h10-12,14,20H,4-7H2,1-3H3,(H,17,21). The molecule has 0 radical (unpaired) electrons. The molecule has 2 aliphatic rings. The minimum absolute atomic E-state index is 0.0196. The maximum atomic E-state index is 12.7. The van der Waals surface area contributed by atoms with Crippen molar-refractivity contribution in [1.29, 1.82) is 0 Å². The van der Waals surface area contributed by atoms with Crippen LogP contribution in [0.4, 0.5) is 0 Å². The Labute approximate surface area is 129 Å². The van der Waals surface area contributed by atoms with Gasteiger partial charge < -0.3 is 10.4 Å². The van der Waals surface area contributed by atoms with E-state index in [1.54, 1.807) is 20.9 Å². The Hall–Kier alpha value is -1.69. The highest BCUT2D eigenvalue weighted by atomic mass is 16.3. The molecule has 2 bridgehead atoms. The molecule has 2 N–H and O–H groups in total. The number of hydrogen-bond acceptors (Lipinski definition) is 4. The molecule has 0 spiro atoms. The van der Waals surface area contributed by atoms with Gasteiger partial charge in [-0.05, 0) is 50.5 Å². The predicted octanol–water partition coefficient (Wildman–Crippen LogP) is 0.534. The van der Waals surface area contributed by atoms with Gasteiger partial charge in [-0.1, -0.05) is 0 Å². The molecule has 22 heavy (non-hydrogen) atoms. The number of amides is 1. The third kappa shape index (κ3) is 2.26. The number of nitrogens with one attached hydrogen (secondary N) is 1. The summed E-state index contributed by atoms with van der Waals surface area (Å²) in [4.78, 5) is 24.9. The number of aryl methyl sites for hydroxylation is 2. The van der Waals surface area contributed by atoms with E-state index >= 15 is 0 Å². The molecular formula is C16H23N3O3. The van der Waals surface area contributed by atoms with Gasteiger partial charge in [-0.2, -0.15) is 5.10 Å². The van der Waals surface area contributed by atoms with Crippen molar-refractivity contribution in [2.24, 2.45) is 24.8 Å². The molecule has 0 aromatic carbocycles. The molecule has 120 valence electrons. The van der Waals surface area contributed by atoms with Gasteiger partial charge in [-0.25, -0.2) is 4.68 Å². The first kappa shape index (κ1) is 15.2. The second-order valence-corrected chi connectivity index (χ2v) is 6.69. The van der Waals surface area contributed by atoms with Crippen LogP contribution >= 0.6 is 0 Å². The summed E-state index contributed by atoms with van der Waals surface area (Å²) in [6.07, 6.45) is 3.30. The maximum Gasteiger partial charge on any atom is 0.279 e. The van der Waals surface area contributed by atoms with Gasteiger partial charge in [0.05, 0.1) is 5.69 Å². The maximum absolute atomic E-state index is 12.7. The average Bonchev–Trinajstić information content (AvgIpc) is 3.06. The van der Waals surface area contributed by atoms with Crippen LogP contribution in [-0.4, -0.2) is 33.4 Å². The molecule has 6 heteroatoms. The molecule has 6 nitrogen and oxygen atoms in total. The van der Waals surface area contributed by atoms with Gasteiger partial charge in [-0.3, -0.25) is 9.59 Å². The Kier molecular flexibility index (Phi) is 3.80.